The predicted octanol–water partition coefficient (Wildman–Crippen LogP) is 5.71. The van der Waals surface area contributed by atoms with Crippen molar-refractivity contribution in [2.24, 2.45) is 4.99 Å². The fourth-order valence-electron chi connectivity index (χ4n) is 4.92. The van der Waals surface area contributed by atoms with E-state index in [-0.39, 0.29) is 5.41 Å². The number of fused-ring (bicyclic) bond motifs is 2. The Labute approximate surface area is 163 Å². The summed E-state index contributed by atoms with van der Waals surface area (Å²) in [6.45, 7) is 0. The first kappa shape index (κ1) is 16.6. The van der Waals surface area contributed by atoms with E-state index in [1.807, 2.05) is 17.9 Å². The van der Waals surface area contributed by atoms with Gasteiger partial charge in [0.1, 0.15) is 11.5 Å². The fraction of sp³-hybridized carbons (Fsp3) is 0.500. The first-order valence-corrected chi connectivity index (χ1v) is 10.2. The van der Waals surface area contributed by atoms with Gasteiger partial charge in [0.15, 0.2) is 0 Å². The van der Waals surface area contributed by atoms with E-state index in [2.05, 4.69) is 27.7 Å². The molecular formula is C20H22Cl2N4. The van der Waals surface area contributed by atoms with Gasteiger partial charge in [0.2, 0.25) is 0 Å². The maximum absolute atomic E-state index is 6.83. The van der Waals surface area contributed by atoms with Crippen LogP contribution in [0.4, 0.5) is 5.69 Å². The van der Waals surface area contributed by atoms with E-state index in [1.54, 1.807) is 0 Å². The second kappa shape index (κ2) is 6.00. The highest BCUT2D eigenvalue weighted by Gasteiger charge is 2.50. The summed E-state index contributed by atoms with van der Waals surface area (Å²) in [4.78, 5) is 4.49. The monoisotopic (exact) mass is 388 g/mol. The van der Waals surface area contributed by atoms with Gasteiger partial charge in [-0.05, 0) is 48.8 Å². The quantitative estimate of drug-likeness (QED) is 0.715. The maximum Gasteiger partial charge on any atom is 0.111 e. The van der Waals surface area contributed by atoms with Crippen LogP contribution in [0, 0.1) is 0 Å². The highest BCUT2D eigenvalue weighted by molar-refractivity contribution is 6.41. The van der Waals surface area contributed by atoms with Gasteiger partial charge in [0, 0.05) is 13.2 Å². The second-order valence-corrected chi connectivity index (χ2v) is 8.56. The van der Waals surface area contributed by atoms with Crippen molar-refractivity contribution < 1.29 is 0 Å². The Morgan fingerprint density at radius 2 is 2.00 bits per heavy atom. The standard InChI is InChI=1S/C20H22Cl2N4/c1-23-19-20(7-4-8-20)14-9-15(21)18(16(22)17(14)25-19)26-11-13(10-24-26)12-5-2-3-6-12/h9-12H,2-8H2,1H3,(H,23,25). The molecule has 136 valence electrons. The van der Waals surface area contributed by atoms with Gasteiger partial charge in [-0.2, -0.15) is 5.10 Å². The van der Waals surface area contributed by atoms with Gasteiger partial charge in [-0.3, -0.25) is 4.99 Å². The Bertz CT molecular complexity index is 905. The van der Waals surface area contributed by atoms with Crippen molar-refractivity contribution in [1.82, 2.24) is 9.78 Å². The summed E-state index contributed by atoms with van der Waals surface area (Å²) >= 11 is 13.5. The minimum Gasteiger partial charge on any atom is -0.342 e. The second-order valence-electron chi connectivity index (χ2n) is 7.78. The Morgan fingerprint density at radius 3 is 2.65 bits per heavy atom. The van der Waals surface area contributed by atoms with Crippen molar-refractivity contribution in [3.63, 3.8) is 0 Å². The lowest BCUT2D eigenvalue weighted by molar-refractivity contribution is 0.347. The van der Waals surface area contributed by atoms with Crippen LogP contribution in [0.5, 0.6) is 0 Å². The van der Waals surface area contributed by atoms with Crippen molar-refractivity contribution in [2.75, 3.05) is 12.4 Å². The van der Waals surface area contributed by atoms with Gasteiger partial charge < -0.3 is 5.32 Å². The largest absolute Gasteiger partial charge is 0.342 e. The number of benzene rings is 1. The van der Waals surface area contributed by atoms with Crippen molar-refractivity contribution in [3.05, 3.63) is 39.6 Å². The SMILES string of the molecule is CN=C1Nc2c(cc(Cl)c(-n3cc(C4CCCC4)cn3)c2Cl)C12CCC2. The number of anilines is 1. The number of amidine groups is 1. The molecule has 2 aromatic rings. The molecule has 0 unspecified atom stereocenters. The van der Waals surface area contributed by atoms with Gasteiger partial charge in [0.05, 0.1) is 27.3 Å². The van der Waals surface area contributed by atoms with Crippen molar-refractivity contribution in [2.45, 2.75) is 56.3 Å². The third kappa shape index (κ3) is 2.21. The lowest BCUT2D eigenvalue weighted by Gasteiger charge is -2.38. The molecule has 0 bridgehead atoms. The van der Waals surface area contributed by atoms with E-state index in [4.69, 9.17) is 23.2 Å². The molecule has 2 aliphatic carbocycles. The molecule has 6 heteroatoms. The van der Waals surface area contributed by atoms with Crippen LogP contribution in [-0.2, 0) is 5.41 Å². The van der Waals surface area contributed by atoms with E-state index < -0.39 is 0 Å². The lowest BCUT2D eigenvalue weighted by atomic mass is 9.65. The van der Waals surface area contributed by atoms with Crippen LogP contribution in [0.1, 0.15) is 62.0 Å². The summed E-state index contributed by atoms with van der Waals surface area (Å²) in [6.07, 6.45) is 12.6. The Balaban J connectivity index is 1.60. The number of halogens is 2. The first-order valence-electron chi connectivity index (χ1n) is 9.46. The predicted molar refractivity (Wildman–Crippen MR) is 107 cm³/mol. The number of rotatable bonds is 2. The average molecular weight is 389 g/mol. The van der Waals surface area contributed by atoms with Crippen LogP contribution >= 0.6 is 23.2 Å². The molecule has 1 aromatic carbocycles. The number of aromatic nitrogens is 2. The highest BCUT2D eigenvalue weighted by atomic mass is 35.5. The van der Waals surface area contributed by atoms with Crippen LogP contribution < -0.4 is 5.32 Å². The smallest absolute Gasteiger partial charge is 0.111 e. The fourth-order valence-corrected chi connectivity index (χ4v) is 5.60. The summed E-state index contributed by atoms with van der Waals surface area (Å²) in [7, 11) is 1.84. The molecule has 5 rings (SSSR count). The van der Waals surface area contributed by atoms with Crippen LogP contribution in [-0.4, -0.2) is 22.7 Å². The minimum atomic E-state index is -0.0188. The first-order chi connectivity index (χ1) is 12.6. The van der Waals surface area contributed by atoms with Gasteiger partial charge in [-0.15, -0.1) is 0 Å². The summed E-state index contributed by atoms with van der Waals surface area (Å²) in [5.74, 6) is 1.63. The summed E-state index contributed by atoms with van der Waals surface area (Å²) in [6, 6.07) is 2.07. The summed E-state index contributed by atoms with van der Waals surface area (Å²) in [5, 5.41) is 9.33. The van der Waals surface area contributed by atoms with Crippen LogP contribution in [0.3, 0.4) is 0 Å². The molecule has 3 aliphatic rings. The van der Waals surface area contributed by atoms with E-state index in [1.165, 1.54) is 43.2 Å². The molecule has 2 fully saturated rings. The van der Waals surface area contributed by atoms with Gasteiger partial charge in [-0.1, -0.05) is 42.5 Å². The molecule has 1 aliphatic heterocycles. The van der Waals surface area contributed by atoms with E-state index in [0.29, 0.717) is 16.0 Å². The van der Waals surface area contributed by atoms with Gasteiger partial charge >= 0.3 is 0 Å². The minimum absolute atomic E-state index is 0.0188. The zero-order valence-electron chi connectivity index (χ0n) is 14.9. The molecule has 2 heterocycles. The Kier molecular flexibility index (Phi) is 3.84. The van der Waals surface area contributed by atoms with E-state index in [0.717, 1.165) is 30.1 Å². The number of hydrogen-bond donors (Lipinski definition) is 1. The highest BCUT2D eigenvalue weighted by Crippen LogP contribution is 2.55. The van der Waals surface area contributed by atoms with E-state index in [9.17, 15) is 0 Å². The van der Waals surface area contributed by atoms with Gasteiger partial charge in [0.25, 0.3) is 0 Å². The zero-order valence-corrected chi connectivity index (χ0v) is 16.4. The van der Waals surface area contributed by atoms with Crippen LogP contribution in [0.2, 0.25) is 10.0 Å². The zero-order chi connectivity index (χ0) is 17.9. The molecule has 26 heavy (non-hydrogen) atoms. The van der Waals surface area contributed by atoms with Crippen LogP contribution in [0.15, 0.2) is 23.5 Å². The van der Waals surface area contributed by atoms with Crippen LogP contribution in [0.25, 0.3) is 5.69 Å². The summed E-state index contributed by atoms with van der Waals surface area (Å²) in [5.41, 5.74) is 4.16. The summed E-state index contributed by atoms with van der Waals surface area (Å²) < 4.78 is 1.84. The normalized spacial score (nSPS) is 22.7. The Hall–Kier alpha value is -1.52. The number of hydrogen-bond acceptors (Lipinski definition) is 2. The van der Waals surface area contributed by atoms with Gasteiger partial charge in [-0.25, -0.2) is 4.68 Å². The Morgan fingerprint density at radius 1 is 1.23 bits per heavy atom. The number of nitrogens with one attached hydrogen (secondary N) is 1. The molecule has 0 amide bonds. The van der Waals surface area contributed by atoms with Crippen molar-refractivity contribution in [3.8, 4) is 5.69 Å². The molecular weight excluding hydrogens is 367 g/mol. The molecule has 0 atom stereocenters. The third-order valence-corrected chi connectivity index (χ3v) is 7.15. The number of nitrogens with zero attached hydrogens (tertiary/aromatic N) is 3. The molecule has 1 spiro atoms. The molecule has 1 N–H and O–H groups in total. The van der Waals surface area contributed by atoms with Crippen molar-refractivity contribution >= 4 is 34.7 Å². The van der Waals surface area contributed by atoms with Crippen molar-refractivity contribution in [1.29, 1.82) is 0 Å². The molecule has 2 saturated carbocycles. The molecule has 1 aromatic heterocycles. The third-order valence-electron chi connectivity index (χ3n) is 6.50. The lowest BCUT2D eigenvalue weighted by Crippen LogP contribution is -2.41. The van der Waals surface area contributed by atoms with E-state index >= 15 is 0 Å². The average Bonchev–Trinajstić information content (AvgIpc) is 3.31. The molecule has 4 nitrogen and oxygen atoms in total. The number of aliphatic imine (C=N–C) groups is 1. The molecule has 0 saturated heterocycles. The molecule has 0 radical (unpaired) electrons. The topological polar surface area (TPSA) is 42.2 Å². The maximum atomic E-state index is 6.83.